The molecule has 1 aliphatic rings. The maximum Gasteiger partial charge on any atom is 0.240 e. The summed E-state index contributed by atoms with van der Waals surface area (Å²) in [6.45, 7) is 6.15. The maximum absolute atomic E-state index is 13.3. The highest BCUT2D eigenvalue weighted by Gasteiger charge is 2.34. The molecule has 2 aromatic heterocycles. The van der Waals surface area contributed by atoms with Gasteiger partial charge in [0.1, 0.15) is 0 Å². The van der Waals surface area contributed by atoms with Crippen molar-refractivity contribution in [2.45, 2.75) is 43.6 Å². The molecule has 29 heavy (non-hydrogen) atoms. The van der Waals surface area contributed by atoms with Crippen LogP contribution in [0.25, 0.3) is 16.6 Å². The Bertz CT molecular complexity index is 1250. The van der Waals surface area contributed by atoms with Crippen molar-refractivity contribution in [3.8, 4) is 0 Å². The lowest BCUT2D eigenvalue weighted by Crippen LogP contribution is -2.40. The van der Waals surface area contributed by atoms with Crippen LogP contribution in [-0.4, -0.2) is 31.8 Å². The standard InChI is InChI=1S/C23H22N4OS/c1-14-12-21-24-25-23(27(21)20-11-7-5-9-18(14)20)29-16(3)22(28)26-15(2)13-17-8-4-6-10-19(17)26/h4-12,15-16H,13H2,1-3H3. The predicted molar refractivity (Wildman–Crippen MR) is 118 cm³/mol. The molecule has 0 saturated heterocycles. The highest BCUT2D eigenvalue weighted by Crippen LogP contribution is 2.35. The van der Waals surface area contributed by atoms with Gasteiger partial charge in [-0.25, -0.2) is 0 Å². The second-order valence-electron chi connectivity index (χ2n) is 7.67. The van der Waals surface area contributed by atoms with Crippen LogP contribution in [0.15, 0.2) is 59.8 Å². The minimum atomic E-state index is -0.268. The maximum atomic E-state index is 13.3. The number of hydrogen-bond donors (Lipinski definition) is 0. The van der Waals surface area contributed by atoms with Gasteiger partial charge in [-0.2, -0.15) is 0 Å². The first-order valence-electron chi connectivity index (χ1n) is 9.85. The van der Waals surface area contributed by atoms with Crippen LogP contribution in [0.4, 0.5) is 5.69 Å². The zero-order valence-corrected chi connectivity index (χ0v) is 17.5. The molecule has 0 bridgehead atoms. The summed E-state index contributed by atoms with van der Waals surface area (Å²) in [6, 6.07) is 18.6. The van der Waals surface area contributed by atoms with Gasteiger partial charge in [-0.05, 0) is 56.5 Å². The van der Waals surface area contributed by atoms with Gasteiger partial charge in [0, 0.05) is 17.1 Å². The number of hydrogen-bond acceptors (Lipinski definition) is 4. The van der Waals surface area contributed by atoms with Gasteiger partial charge in [0.15, 0.2) is 10.8 Å². The zero-order chi connectivity index (χ0) is 20.1. The largest absolute Gasteiger partial charge is 0.308 e. The van der Waals surface area contributed by atoms with Gasteiger partial charge in [-0.3, -0.25) is 9.20 Å². The summed E-state index contributed by atoms with van der Waals surface area (Å²) in [5.74, 6) is 0.112. The average Bonchev–Trinajstić information content (AvgIpc) is 3.27. The number of carbonyl (C=O) groups excluding carboxylic acids is 1. The summed E-state index contributed by atoms with van der Waals surface area (Å²) in [5, 5.41) is 10.4. The summed E-state index contributed by atoms with van der Waals surface area (Å²) in [4.78, 5) is 15.3. The number of fused-ring (bicyclic) bond motifs is 4. The molecule has 0 N–H and O–H groups in total. The molecular weight excluding hydrogens is 380 g/mol. The number of thioether (sulfide) groups is 1. The van der Waals surface area contributed by atoms with Crippen LogP contribution in [0.5, 0.6) is 0 Å². The summed E-state index contributed by atoms with van der Waals surface area (Å²) < 4.78 is 2.05. The number of carbonyl (C=O) groups is 1. The molecule has 6 heteroatoms. The lowest BCUT2D eigenvalue weighted by atomic mass is 10.1. The molecule has 0 radical (unpaired) electrons. The topological polar surface area (TPSA) is 50.5 Å². The molecule has 5 rings (SSSR count). The van der Waals surface area contributed by atoms with Gasteiger partial charge in [0.05, 0.1) is 10.8 Å². The third kappa shape index (κ3) is 2.90. The van der Waals surface area contributed by atoms with E-state index in [9.17, 15) is 4.79 Å². The normalized spacial score (nSPS) is 17.1. The van der Waals surface area contributed by atoms with E-state index in [4.69, 9.17) is 0 Å². The van der Waals surface area contributed by atoms with E-state index in [2.05, 4.69) is 46.6 Å². The Balaban J connectivity index is 1.50. The van der Waals surface area contributed by atoms with Gasteiger partial charge >= 0.3 is 0 Å². The zero-order valence-electron chi connectivity index (χ0n) is 16.7. The smallest absolute Gasteiger partial charge is 0.240 e. The molecule has 5 nitrogen and oxygen atoms in total. The van der Waals surface area contributed by atoms with E-state index >= 15 is 0 Å². The van der Waals surface area contributed by atoms with Crippen LogP contribution < -0.4 is 4.90 Å². The summed E-state index contributed by atoms with van der Waals surface area (Å²) in [6.07, 6.45) is 0.900. The second-order valence-corrected chi connectivity index (χ2v) is 8.98. The monoisotopic (exact) mass is 402 g/mol. The molecule has 3 heterocycles. The lowest BCUT2D eigenvalue weighted by molar-refractivity contribution is -0.118. The molecule has 146 valence electrons. The highest BCUT2D eigenvalue weighted by atomic mass is 32.2. The Hall–Kier alpha value is -2.86. The predicted octanol–water partition coefficient (Wildman–Crippen LogP) is 4.65. The van der Waals surface area contributed by atoms with Crippen molar-refractivity contribution < 1.29 is 4.79 Å². The molecule has 2 atom stereocenters. The fourth-order valence-corrected chi connectivity index (χ4v) is 5.17. The second kappa shape index (κ2) is 6.88. The summed E-state index contributed by atoms with van der Waals surface area (Å²) >= 11 is 1.47. The molecule has 0 aliphatic carbocycles. The fourth-order valence-electron chi connectivity index (χ4n) is 4.26. The Kier molecular flexibility index (Phi) is 4.32. The number of aryl methyl sites for hydroxylation is 1. The molecule has 2 aromatic carbocycles. The van der Waals surface area contributed by atoms with Gasteiger partial charge in [-0.1, -0.05) is 48.2 Å². The van der Waals surface area contributed by atoms with Gasteiger partial charge in [0.2, 0.25) is 5.91 Å². The minimum absolute atomic E-state index is 0.112. The number of anilines is 1. The third-order valence-corrected chi connectivity index (χ3v) is 6.68. The first-order chi connectivity index (χ1) is 14.0. The number of nitrogens with zero attached hydrogens (tertiary/aromatic N) is 4. The van der Waals surface area contributed by atoms with E-state index in [0.29, 0.717) is 0 Å². The quantitative estimate of drug-likeness (QED) is 0.468. The van der Waals surface area contributed by atoms with E-state index < -0.39 is 0 Å². The van der Waals surface area contributed by atoms with E-state index in [1.807, 2.05) is 48.2 Å². The number of rotatable bonds is 3. The van der Waals surface area contributed by atoms with Crippen molar-refractivity contribution in [2.24, 2.45) is 0 Å². The van der Waals surface area contributed by atoms with E-state index in [0.717, 1.165) is 28.4 Å². The molecule has 0 spiro atoms. The van der Waals surface area contributed by atoms with Crippen LogP contribution >= 0.6 is 11.8 Å². The Morgan fingerprint density at radius 3 is 2.76 bits per heavy atom. The van der Waals surface area contributed by atoms with Crippen LogP contribution in [0.1, 0.15) is 25.0 Å². The van der Waals surface area contributed by atoms with Crippen LogP contribution in [0.2, 0.25) is 0 Å². The van der Waals surface area contributed by atoms with Crippen molar-refractivity contribution in [1.29, 1.82) is 0 Å². The molecule has 0 saturated carbocycles. The van der Waals surface area contributed by atoms with E-state index in [-0.39, 0.29) is 17.2 Å². The molecule has 0 fully saturated rings. The molecule has 1 aliphatic heterocycles. The Morgan fingerprint density at radius 1 is 1.14 bits per heavy atom. The number of aromatic nitrogens is 3. The third-order valence-electron chi connectivity index (χ3n) is 5.65. The van der Waals surface area contributed by atoms with Crippen LogP contribution in [0, 0.1) is 6.92 Å². The Morgan fingerprint density at radius 2 is 1.90 bits per heavy atom. The van der Waals surface area contributed by atoms with Crippen molar-refractivity contribution in [3.05, 3.63) is 65.7 Å². The van der Waals surface area contributed by atoms with Crippen molar-refractivity contribution in [1.82, 2.24) is 14.6 Å². The number of amides is 1. The number of para-hydroxylation sites is 2. The first-order valence-corrected chi connectivity index (χ1v) is 10.7. The number of benzene rings is 2. The average molecular weight is 403 g/mol. The van der Waals surface area contributed by atoms with Gasteiger partial charge < -0.3 is 4.90 Å². The van der Waals surface area contributed by atoms with E-state index in [1.165, 1.54) is 28.3 Å². The first kappa shape index (κ1) is 18.2. The van der Waals surface area contributed by atoms with E-state index in [1.54, 1.807) is 0 Å². The lowest BCUT2D eigenvalue weighted by Gasteiger charge is -2.25. The Labute approximate surface area is 173 Å². The summed E-state index contributed by atoms with van der Waals surface area (Å²) in [7, 11) is 0. The van der Waals surface area contributed by atoms with Gasteiger partial charge in [0.25, 0.3) is 0 Å². The minimum Gasteiger partial charge on any atom is -0.308 e. The SMILES string of the molecule is Cc1cc2nnc(SC(C)C(=O)N3c4ccccc4CC3C)n2c2ccccc12. The van der Waals surface area contributed by atoms with Crippen LogP contribution in [-0.2, 0) is 11.2 Å². The fraction of sp³-hybridized carbons (Fsp3) is 0.261. The van der Waals surface area contributed by atoms with Crippen molar-refractivity contribution in [2.75, 3.05) is 4.90 Å². The van der Waals surface area contributed by atoms with Crippen LogP contribution in [0.3, 0.4) is 0 Å². The summed E-state index contributed by atoms with van der Waals surface area (Å²) in [5.41, 5.74) is 5.31. The molecule has 1 amide bonds. The highest BCUT2D eigenvalue weighted by molar-refractivity contribution is 8.00. The molecular formula is C23H22N4OS. The van der Waals surface area contributed by atoms with Crippen molar-refractivity contribution in [3.63, 3.8) is 0 Å². The molecule has 2 unspecified atom stereocenters. The van der Waals surface area contributed by atoms with Gasteiger partial charge in [-0.15, -0.1) is 10.2 Å². The molecule has 4 aromatic rings. The van der Waals surface area contributed by atoms with Crippen molar-refractivity contribution >= 4 is 39.9 Å². The number of pyridine rings is 1.